The molecule has 3 rings (SSSR count). The van der Waals surface area contributed by atoms with Crippen LogP contribution in [0.4, 0.5) is 0 Å². The molecule has 2 aromatic rings. The van der Waals surface area contributed by atoms with Crippen molar-refractivity contribution in [2.45, 2.75) is 20.0 Å². The van der Waals surface area contributed by atoms with E-state index >= 15 is 0 Å². The minimum absolute atomic E-state index is 0.0233. The van der Waals surface area contributed by atoms with Crippen LogP contribution in [-0.2, 0) is 16.1 Å². The van der Waals surface area contributed by atoms with E-state index in [1.807, 2.05) is 13.0 Å². The van der Waals surface area contributed by atoms with Gasteiger partial charge in [0.15, 0.2) is 11.5 Å². The summed E-state index contributed by atoms with van der Waals surface area (Å²) in [5.74, 6) is 0.182. The third-order valence-corrected chi connectivity index (χ3v) is 4.22. The van der Waals surface area contributed by atoms with E-state index in [9.17, 15) is 9.59 Å². The zero-order valence-electron chi connectivity index (χ0n) is 14.9. The lowest BCUT2D eigenvalue weighted by atomic mass is 10.1. The quantitative estimate of drug-likeness (QED) is 0.794. The molecule has 0 radical (unpaired) electrons. The van der Waals surface area contributed by atoms with Crippen molar-refractivity contribution in [3.05, 3.63) is 58.1 Å². The van der Waals surface area contributed by atoms with Crippen molar-refractivity contribution in [3.63, 3.8) is 0 Å². The number of halogens is 1. The van der Waals surface area contributed by atoms with Gasteiger partial charge in [0.2, 0.25) is 0 Å². The molecule has 0 aliphatic carbocycles. The predicted octanol–water partition coefficient (Wildman–Crippen LogP) is 3.28. The Morgan fingerprint density at radius 2 is 2.00 bits per heavy atom. The molecule has 0 aromatic heterocycles. The van der Waals surface area contributed by atoms with Gasteiger partial charge in [0.25, 0.3) is 5.91 Å². The number of amides is 1. The van der Waals surface area contributed by atoms with Gasteiger partial charge in [0.1, 0.15) is 13.2 Å². The van der Waals surface area contributed by atoms with Crippen molar-refractivity contribution < 1.29 is 23.8 Å². The molecule has 0 spiro atoms. The second kappa shape index (κ2) is 8.77. The first-order chi connectivity index (χ1) is 13.0. The molecule has 0 saturated heterocycles. The second-order valence-electron chi connectivity index (χ2n) is 6.17. The standard InChI is InChI=1S/C20H20ClNO5/c1-13-4-2-5-15(8-13)20(24)22-11-18(23)27-12-14-9-16(21)19-17(10-14)25-6-3-7-26-19/h2,4-5,8-10H,3,6-7,11-12H2,1H3,(H,22,24). The van der Waals surface area contributed by atoms with Crippen LogP contribution in [-0.4, -0.2) is 31.6 Å². The molecule has 142 valence electrons. The first kappa shape index (κ1) is 19.0. The number of hydrogen-bond acceptors (Lipinski definition) is 5. The molecule has 0 unspecified atom stereocenters. The molecule has 1 aliphatic rings. The van der Waals surface area contributed by atoms with Crippen LogP contribution in [0.1, 0.15) is 27.9 Å². The molecule has 1 heterocycles. The van der Waals surface area contributed by atoms with Crippen LogP contribution in [0.15, 0.2) is 36.4 Å². The summed E-state index contributed by atoms with van der Waals surface area (Å²) < 4.78 is 16.4. The summed E-state index contributed by atoms with van der Waals surface area (Å²) in [4.78, 5) is 24.0. The van der Waals surface area contributed by atoms with Gasteiger partial charge in [0.05, 0.1) is 18.2 Å². The Labute approximate surface area is 162 Å². The monoisotopic (exact) mass is 389 g/mol. The summed E-state index contributed by atoms with van der Waals surface area (Å²) in [6, 6.07) is 10.5. The van der Waals surface area contributed by atoms with E-state index in [0.29, 0.717) is 40.9 Å². The number of nitrogens with one attached hydrogen (secondary N) is 1. The molecule has 1 N–H and O–H groups in total. The topological polar surface area (TPSA) is 73.9 Å². The van der Waals surface area contributed by atoms with Gasteiger partial charge in [-0.25, -0.2) is 0 Å². The van der Waals surface area contributed by atoms with Crippen LogP contribution in [0, 0.1) is 6.92 Å². The summed E-state index contributed by atoms with van der Waals surface area (Å²) in [5.41, 5.74) is 2.15. The highest BCUT2D eigenvalue weighted by atomic mass is 35.5. The average Bonchev–Trinajstić information content (AvgIpc) is 2.90. The highest BCUT2D eigenvalue weighted by molar-refractivity contribution is 6.32. The normalized spacial score (nSPS) is 12.8. The number of fused-ring (bicyclic) bond motifs is 1. The van der Waals surface area contributed by atoms with Gasteiger partial charge in [-0.3, -0.25) is 9.59 Å². The molecule has 27 heavy (non-hydrogen) atoms. The Balaban J connectivity index is 1.53. The van der Waals surface area contributed by atoms with Crippen molar-refractivity contribution >= 4 is 23.5 Å². The van der Waals surface area contributed by atoms with Crippen LogP contribution in [0.3, 0.4) is 0 Å². The van der Waals surface area contributed by atoms with E-state index in [-0.39, 0.29) is 19.1 Å². The van der Waals surface area contributed by atoms with E-state index in [1.165, 1.54) is 0 Å². The lowest BCUT2D eigenvalue weighted by Gasteiger charge is -2.12. The summed E-state index contributed by atoms with van der Waals surface area (Å²) in [5, 5.41) is 2.96. The Hall–Kier alpha value is -2.73. The number of aryl methyl sites for hydroxylation is 1. The molecule has 0 saturated carbocycles. The maximum absolute atomic E-state index is 12.0. The van der Waals surface area contributed by atoms with Crippen LogP contribution >= 0.6 is 11.6 Å². The number of ether oxygens (including phenoxy) is 3. The van der Waals surface area contributed by atoms with Crippen LogP contribution < -0.4 is 14.8 Å². The third-order valence-electron chi connectivity index (χ3n) is 3.94. The number of esters is 1. The zero-order chi connectivity index (χ0) is 19.2. The SMILES string of the molecule is Cc1cccc(C(=O)NCC(=O)OCc2cc(Cl)c3c(c2)OCCCO3)c1. The molecule has 6 nitrogen and oxygen atoms in total. The molecular formula is C20H20ClNO5. The van der Waals surface area contributed by atoms with Crippen LogP contribution in [0.2, 0.25) is 5.02 Å². The highest BCUT2D eigenvalue weighted by Crippen LogP contribution is 2.38. The highest BCUT2D eigenvalue weighted by Gasteiger charge is 2.16. The Morgan fingerprint density at radius 1 is 1.19 bits per heavy atom. The summed E-state index contributed by atoms with van der Waals surface area (Å²) >= 11 is 6.22. The van der Waals surface area contributed by atoms with E-state index in [1.54, 1.807) is 30.3 Å². The van der Waals surface area contributed by atoms with Gasteiger partial charge in [-0.05, 0) is 36.8 Å². The van der Waals surface area contributed by atoms with Gasteiger partial charge in [-0.2, -0.15) is 0 Å². The fourth-order valence-electron chi connectivity index (χ4n) is 2.62. The summed E-state index contributed by atoms with van der Waals surface area (Å²) in [6.07, 6.45) is 0.774. The first-order valence-electron chi connectivity index (χ1n) is 8.61. The molecule has 2 aromatic carbocycles. The molecule has 7 heteroatoms. The average molecular weight is 390 g/mol. The summed E-state index contributed by atoms with van der Waals surface area (Å²) in [6.45, 7) is 2.78. The Bertz CT molecular complexity index is 852. The van der Waals surface area contributed by atoms with Crippen molar-refractivity contribution in [2.24, 2.45) is 0 Å². The lowest BCUT2D eigenvalue weighted by molar-refractivity contribution is -0.143. The van der Waals surface area contributed by atoms with Crippen LogP contribution in [0.25, 0.3) is 0 Å². The van der Waals surface area contributed by atoms with Gasteiger partial charge in [-0.1, -0.05) is 29.3 Å². The maximum atomic E-state index is 12.0. The first-order valence-corrected chi connectivity index (χ1v) is 8.99. The molecule has 0 fully saturated rings. The molecule has 1 amide bonds. The molecule has 1 aliphatic heterocycles. The molecular weight excluding hydrogens is 370 g/mol. The number of carbonyl (C=O) groups is 2. The van der Waals surface area contributed by atoms with E-state index < -0.39 is 5.97 Å². The van der Waals surface area contributed by atoms with Crippen molar-refractivity contribution in [1.82, 2.24) is 5.32 Å². The van der Waals surface area contributed by atoms with Crippen molar-refractivity contribution in [1.29, 1.82) is 0 Å². The van der Waals surface area contributed by atoms with E-state index in [0.717, 1.165) is 12.0 Å². The minimum Gasteiger partial charge on any atom is -0.489 e. The predicted molar refractivity (Wildman–Crippen MR) is 100 cm³/mol. The lowest BCUT2D eigenvalue weighted by Crippen LogP contribution is -2.30. The number of hydrogen-bond donors (Lipinski definition) is 1. The summed E-state index contributed by atoms with van der Waals surface area (Å²) in [7, 11) is 0. The van der Waals surface area contributed by atoms with Crippen molar-refractivity contribution in [3.8, 4) is 11.5 Å². The van der Waals surface area contributed by atoms with Crippen molar-refractivity contribution in [2.75, 3.05) is 19.8 Å². The largest absolute Gasteiger partial charge is 0.489 e. The fraction of sp³-hybridized carbons (Fsp3) is 0.300. The van der Waals surface area contributed by atoms with Gasteiger partial charge in [0, 0.05) is 12.0 Å². The van der Waals surface area contributed by atoms with Crippen LogP contribution in [0.5, 0.6) is 11.5 Å². The molecule has 0 bridgehead atoms. The maximum Gasteiger partial charge on any atom is 0.325 e. The van der Waals surface area contributed by atoms with E-state index in [2.05, 4.69) is 5.32 Å². The molecule has 0 atom stereocenters. The minimum atomic E-state index is -0.542. The van der Waals surface area contributed by atoms with Gasteiger partial charge >= 0.3 is 5.97 Å². The Morgan fingerprint density at radius 3 is 2.81 bits per heavy atom. The second-order valence-corrected chi connectivity index (χ2v) is 6.58. The third kappa shape index (κ3) is 5.14. The van der Waals surface area contributed by atoms with E-state index in [4.69, 9.17) is 25.8 Å². The number of rotatable bonds is 5. The Kier molecular flexibility index (Phi) is 6.19. The number of carbonyl (C=O) groups excluding carboxylic acids is 2. The zero-order valence-corrected chi connectivity index (χ0v) is 15.7. The van der Waals surface area contributed by atoms with Gasteiger partial charge < -0.3 is 19.5 Å². The smallest absolute Gasteiger partial charge is 0.325 e. The van der Waals surface area contributed by atoms with Gasteiger partial charge in [-0.15, -0.1) is 0 Å². The fourth-order valence-corrected chi connectivity index (χ4v) is 2.91. The number of benzene rings is 2.